The van der Waals surface area contributed by atoms with E-state index in [1.54, 1.807) is 7.05 Å². The highest BCUT2D eigenvalue weighted by Gasteiger charge is 2.65. The predicted octanol–water partition coefficient (Wildman–Crippen LogP) is -0.902. The highest BCUT2D eigenvalue weighted by molar-refractivity contribution is 7.89. The van der Waals surface area contributed by atoms with E-state index in [0.717, 1.165) is 6.42 Å². The molecule has 2 saturated carbocycles. The monoisotopic (exact) mass is 477 g/mol. The summed E-state index contributed by atoms with van der Waals surface area (Å²) in [6.45, 7) is 4.13. The molecule has 2 bridgehead atoms. The number of nitrogens with two attached hydrogens (primary N) is 2. The summed E-state index contributed by atoms with van der Waals surface area (Å²) < 4.78 is 27.6. The largest absolute Gasteiger partial charge is 0.480 e. The van der Waals surface area contributed by atoms with Crippen LogP contribution < -0.4 is 21.5 Å². The molecule has 0 aromatic rings. The Morgan fingerprint density at radius 1 is 1.28 bits per heavy atom. The van der Waals surface area contributed by atoms with E-state index in [-0.39, 0.29) is 42.9 Å². The number of sulfonamides is 1. The second kappa shape index (κ2) is 11.1. The molecule has 0 heterocycles. The number of nitrogens with one attached hydrogen (secondary N) is 2. The van der Waals surface area contributed by atoms with Crippen LogP contribution in [0.1, 0.15) is 46.0 Å². The SMILES string of the molecule is CC1(C)C2CCC1(CS(=O)(=O)N[C@@H](CCCN=C(N)N)C(=O)O)C(=O)C2.CNCC(=O)O. The molecule has 184 valence electrons. The van der Waals surface area contributed by atoms with Gasteiger partial charge in [-0.15, -0.1) is 0 Å². The average Bonchev–Trinajstić information content (AvgIpc) is 2.98. The normalized spacial score (nSPS) is 24.3. The molecule has 0 spiro atoms. The van der Waals surface area contributed by atoms with Gasteiger partial charge in [-0.2, -0.15) is 0 Å². The van der Waals surface area contributed by atoms with E-state index in [4.69, 9.17) is 16.6 Å². The summed E-state index contributed by atoms with van der Waals surface area (Å²) in [7, 11) is -2.36. The lowest BCUT2D eigenvalue weighted by molar-refractivity contribution is -0.139. The van der Waals surface area contributed by atoms with Crippen LogP contribution in [0.4, 0.5) is 0 Å². The van der Waals surface area contributed by atoms with Gasteiger partial charge in [0.05, 0.1) is 12.3 Å². The minimum absolute atomic E-state index is 0.0243. The summed E-state index contributed by atoms with van der Waals surface area (Å²) in [6, 6.07) is -1.28. The van der Waals surface area contributed by atoms with Crippen molar-refractivity contribution >= 4 is 33.7 Å². The van der Waals surface area contributed by atoms with Crippen LogP contribution in [-0.2, 0) is 24.4 Å². The number of carboxylic acids is 2. The molecule has 2 fully saturated rings. The maximum Gasteiger partial charge on any atom is 0.321 e. The molecule has 0 aromatic heterocycles. The third kappa shape index (κ3) is 6.87. The van der Waals surface area contributed by atoms with Gasteiger partial charge in [0, 0.05) is 18.4 Å². The van der Waals surface area contributed by atoms with Crippen molar-refractivity contribution in [2.45, 2.75) is 52.0 Å². The maximum absolute atomic E-state index is 12.7. The van der Waals surface area contributed by atoms with Crippen LogP contribution in [0.3, 0.4) is 0 Å². The molecule has 0 aliphatic heterocycles. The molecule has 2 aliphatic rings. The van der Waals surface area contributed by atoms with Gasteiger partial charge in [-0.05, 0) is 44.1 Å². The Hall–Kier alpha value is -2.25. The minimum Gasteiger partial charge on any atom is -0.480 e. The Labute approximate surface area is 188 Å². The summed E-state index contributed by atoms with van der Waals surface area (Å²) in [4.78, 5) is 37.2. The van der Waals surface area contributed by atoms with Gasteiger partial charge >= 0.3 is 11.9 Å². The van der Waals surface area contributed by atoms with Crippen molar-refractivity contribution in [3.63, 3.8) is 0 Å². The van der Waals surface area contributed by atoms with Gasteiger partial charge in [-0.3, -0.25) is 19.4 Å². The number of carbonyl (C=O) groups is 3. The molecular weight excluding hydrogens is 442 g/mol. The lowest BCUT2D eigenvalue weighted by Crippen LogP contribution is -2.49. The number of nitrogens with zero attached hydrogens (tertiary/aromatic N) is 1. The van der Waals surface area contributed by atoms with Crippen molar-refractivity contribution in [1.29, 1.82) is 0 Å². The van der Waals surface area contributed by atoms with E-state index >= 15 is 0 Å². The highest BCUT2D eigenvalue weighted by Crippen LogP contribution is 2.64. The van der Waals surface area contributed by atoms with Crippen LogP contribution in [0.2, 0.25) is 0 Å². The molecule has 12 nitrogen and oxygen atoms in total. The average molecular weight is 478 g/mol. The summed E-state index contributed by atoms with van der Waals surface area (Å²) in [6.07, 6.45) is 2.14. The van der Waals surface area contributed by atoms with Crippen molar-refractivity contribution in [3.8, 4) is 0 Å². The molecule has 8 N–H and O–H groups in total. The van der Waals surface area contributed by atoms with E-state index in [0.29, 0.717) is 19.3 Å². The molecule has 13 heteroatoms. The Balaban J connectivity index is 0.000000751. The number of rotatable bonds is 11. The first-order valence-corrected chi connectivity index (χ1v) is 12.0. The fourth-order valence-corrected chi connectivity index (χ4v) is 6.64. The molecule has 0 saturated heterocycles. The standard InChI is InChI=1S/C16H28N4O5S.C3H7NO2/c1-15(2)10-5-6-16(15,12(21)8-10)9-26(24,25)20-11(13(22)23)4-3-7-19-14(17)18;1-4-2-3(5)6/h10-11,20H,3-9H2,1-2H3,(H,22,23)(H4,17,18,19);4H,2H2,1H3,(H,5,6)/t10?,11-,16?;/m0./s1. The molecular formula is C19H35N5O7S. The third-order valence-electron chi connectivity index (χ3n) is 6.47. The van der Waals surface area contributed by atoms with Gasteiger partial charge in [0.15, 0.2) is 5.96 Å². The number of guanidine groups is 1. The highest BCUT2D eigenvalue weighted by atomic mass is 32.2. The summed E-state index contributed by atoms with van der Waals surface area (Å²) >= 11 is 0. The molecule has 3 atom stereocenters. The van der Waals surface area contributed by atoms with Gasteiger partial charge in [0.25, 0.3) is 0 Å². The Morgan fingerprint density at radius 3 is 2.28 bits per heavy atom. The number of carbonyl (C=O) groups excluding carboxylic acids is 1. The summed E-state index contributed by atoms with van der Waals surface area (Å²) in [5.41, 5.74) is 9.08. The zero-order valence-corrected chi connectivity index (χ0v) is 19.6. The molecule has 2 aliphatic carbocycles. The topological polar surface area (TPSA) is 214 Å². The maximum atomic E-state index is 12.7. The molecule has 0 aromatic carbocycles. The van der Waals surface area contributed by atoms with Crippen LogP contribution in [0.15, 0.2) is 4.99 Å². The first kappa shape index (κ1) is 27.8. The number of hydrogen-bond acceptors (Lipinski definition) is 7. The number of hydrogen-bond donors (Lipinski definition) is 6. The van der Waals surface area contributed by atoms with Crippen LogP contribution in [-0.4, -0.2) is 74.2 Å². The number of fused-ring (bicyclic) bond motifs is 2. The van der Waals surface area contributed by atoms with Crippen LogP contribution in [0.25, 0.3) is 0 Å². The number of ketones is 1. The fraction of sp³-hybridized carbons (Fsp3) is 0.789. The summed E-state index contributed by atoms with van der Waals surface area (Å²) in [5, 5.41) is 19.6. The molecule has 2 unspecified atom stereocenters. The van der Waals surface area contributed by atoms with E-state index in [1.807, 2.05) is 13.8 Å². The number of carboxylic acid groups (broad SMARTS) is 2. The number of aliphatic carboxylic acids is 2. The Bertz CT molecular complexity index is 839. The smallest absolute Gasteiger partial charge is 0.321 e. The lowest BCUT2D eigenvalue weighted by atomic mass is 9.70. The first-order chi connectivity index (χ1) is 14.7. The first-order valence-electron chi connectivity index (χ1n) is 10.4. The van der Waals surface area contributed by atoms with Crippen LogP contribution in [0.5, 0.6) is 0 Å². The summed E-state index contributed by atoms with van der Waals surface area (Å²) in [5.74, 6) is -2.38. The van der Waals surface area contributed by atoms with Crippen molar-refractivity contribution in [3.05, 3.63) is 0 Å². The molecule has 0 amide bonds. The van der Waals surface area contributed by atoms with Crippen LogP contribution >= 0.6 is 0 Å². The molecule has 0 radical (unpaired) electrons. The van der Waals surface area contributed by atoms with E-state index in [2.05, 4.69) is 15.0 Å². The van der Waals surface area contributed by atoms with E-state index in [1.165, 1.54) is 0 Å². The van der Waals surface area contributed by atoms with Gasteiger partial charge < -0.3 is 27.0 Å². The zero-order valence-electron chi connectivity index (χ0n) is 18.8. The predicted molar refractivity (Wildman–Crippen MR) is 118 cm³/mol. The van der Waals surface area contributed by atoms with Crippen molar-refractivity contribution in [1.82, 2.24) is 10.0 Å². The fourth-order valence-electron chi connectivity index (χ4n) is 4.58. The molecule has 32 heavy (non-hydrogen) atoms. The van der Waals surface area contributed by atoms with Crippen molar-refractivity contribution in [2.24, 2.45) is 33.2 Å². The second-order valence-electron chi connectivity index (χ2n) is 8.81. The van der Waals surface area contributed by atoms with E-state index in [9.17, 15) is 27.9 Å². The minimum atomic E-state index is -3.95. The number of likely N-dealkylation sites (N-methyl/N-ethyl adjacent to an activating group) is 1. The van der Waals surface area contributed by atoms with Crippen molar-refractivity contribution in [2.75, 3.05) is 25.9 Å². The van der Waals surface area contributed by atoms with Gasteiger partial charge in [-0.1, -0.05) is 13.8 Å². The Morgan fingerprint density at radius 2 is 1.91 bits per heavy atom. The number of Topliss-reactive ketones (excluding diaryl/α,β-unsaturated/α-hetero) is 1. The second-order valence-corrected chi connectivity index (χ2v) is 10.6. The van der Waals surface area contributed by atoms with Gasteiger partial charge in [-0.25, -0.2) is 13.1 Å². The third-order valence-corrected chi connectivity index (χ3v) is 7.99. The van der Waals surface area contributed by atoms with Crippen molar-refractivity contribution < 1.29 is 33.0 Å². The lowest BCUT2D eigenvalue weighted by Gasteiger charge is -2.36. The molecule has 2 rings (SSSR count). The quantitative estimate of drug-likeness (QED) is 0.122. The van der Waals surface area contributed by atoms with Crippen LogP contribution in [0, 0.1) is 16.7 Å². The van der Waals surface area contributed by atoms with Gasteiger partial charge in [0.2, 0.25) is 10.0 Å². The number of aliphatic imine (C=N–C) groups is 1. The van der Waals surface area contributed by atoms with Gasteiger partial charge in [0.1, 0.15) is 11.8 Å². The van der Waals surface area contributed by atoms with E-state index < -0.39 is 38.8 Å². The Kier molecular flexibility index (Phi) is 9.60. The zero-order chi connectivity index (χ0) is 24.7.